The average Bonchev–Trinajstić information content (AvgIpc) is 2.71. The maximum absolute atomic E-state index is 4.38. The molecular weight excluding hydrogens is 162 g/mol. The van der Waals surface area contributed by atoms with Gasteiger partial charge in [-0.05, 0) is 24.9 Å². The predicted octanol–water partition coefficient (Wildman–Crippen LogP) is 1.12. The molecule has 1 aliphatic heterocycles. The second-order valence-electron chi connectivity index (χ2n) is 3.49. The van der Waals surface area contributed by atoms with Crippen molar-refractivity contribution in [3.05, 3.63) is 23.8 Å². The highest BCUT2D eigenvalue weighted by Gasteiger charge is 2.18. The molecule has 0 aliphatic carbocycles. The number of rotatable bonds is 2. The van der Waals surface area contributed by atoms with E-state index in [0.29, 0.717) is 5.92 Å². The molecule has 1 N–H and O–H groups in total. The summed E-state index contributed by atoms with van der Waals surface area (Å²) in [5.41, 5.74) is 1.22. The molecule has 3 nitrogen and oxygen atoms in total. The number of hydrogen-bond acceptors (Lipinski definition) is 3. The largest absolute Gasteiger partial charge is 0.316 e. The molecule has 1 fully saturated rings. The zero-order valence-electron chi connectivity index (χ0n) is 7.95. The molecule has 3 heteroatoms. The number of aryl methyl sites for hydroxylation is 1. The van der Waals surface area contributed by atoms with Crippen molar-refractivity contribution in [2.24, 2.45) is 0 Å². The lowest BCUT2D eigenvalue weighted by atomic mass is 10.1. The third kappa shape index (κ3) is 1.86. The Morgan fingerprint density at radius 1 is 1.46 bits per heavy atom. The van der Waals surface area contributed by atoms with Gasteiger partial charge in [0.15, 0.2) is 0 Å². The standard InChI is InChI=1S/C10H15N3/c1-2-8-5-12-10(13-6-8)9-3-4-11-7-9/h5-6,9,11H,2-4,7H2,1H3. The van der Waals surface area contributed by atoms with Gasteiger partial charge in [-0.1, -0.05) is 6.92 Å². The van der Waals surface area contributed by atoms with Gasteiger partial charge in [-0.15, -0.1) is 0 Å². The molecule has 0 saturated carbocycles. The first-order valence-corrected chi connectivity index (χ1v) is 4.91. The van der Waals surface area contributed by atoms with Crippen molar-refractivity contribution in [2.45, 2.75) is 25.7 Å². The second kappa shape index (κ2) is 3.83. The van der Waals surface area contributed by atoms with Crippen LogP contribution < -0.4 is 5.32 Å². The minimum absolute atomic E-state index is 0.533. The van der Waals surface area contributed by atoms with Crippen LogP contribution in [0.1, 0.15) is 30.7 Å². The fraction of sp³-hybridized carbons (Fsp3) is 0.600. The lowest BCUT2D eigenvalue weighted by Crippen LogP contribution is -2.10. The molecule has 2 rings (SSSR count). The molecule has 0 radical (unpaired) electrons. The van der Waals surface area contributed by atoms with Crippen molar-refractivity contribution in [1.82, 2.24) is 15.3 Å². The molecule has 1 saturated heterocycles. The molecule has 2 heterocycles. The van der Waals surface area contributed by atoms with Crippen molar-refractivity contribution in [1.29, 1.82) is 0 Å². The molecule has 70 valence electrons. The Kier molecular flexibility index (Phi) is 2.54. The lowest BCUT2D eigenvalue weighted by molar-refractivity contribution is 0.698. The van der Waals surface area contributed by atoms with Crippen LogP contribution in [0, 0.1) is 0 Å². The summed E-state index contributed by atoms with van der Waals surface area (Å²) in [5.74, 6) is 1.54. The quantitative estimate of drug-likeness (QED) is 0.735. The smallest absolute Gasteiger partial charge is 0.132 e. The van der Waals surface area contributed by atoms with E-state index < -0.39 is 0 Å². The van der Waals surface area contributed by atoms with Crippen LogP contribution in [0.4, 0.5) is 0 Å². The maximum atomic E-state index is 4.38. The second-order valence-corrected chi connectivity index (χ2v) is 3.49. The molecule has 1 aromatic heterocycles. The van der Waals surface area contributed by atoms with E-state index in [2.05, 4.69) is 22.2 Å². The van der Waals surface area contributed by atoms with Crippen molar-refractivity contribution < 1.29 is 0 Å². The summed E-state index contributed by atoms with van der Waals surface area (Å²) < 4.78 is 0. The SMILES string of the molecule is CCc1cnc(C2CCNC2)nc1. The van der Waals surface area contributed by atoms with Gasteiger partial charge in [0.1, 0.15) is 5.82 Å². The van der Waals surface area contributed by atoms with E-state index in [0.717, 1.165) is 25.3 Å². The van der Waals surface area contributed by atoms with Crippen LogP contribution in [-0.2, 0) is 6.42 Å². The summed E-state index contributed by atoms with van der Waals surface area (Å²) in [6.45, 7) is 4.25. The highest BCUT2D eigenvalue weighted by Crippen LogP contribution is 2.17. The van der Waals surface area contributed by atoms with Crippen LogP contribution in [0.5, 0.6) is 0 Å². The van der Waals surface area contributed by atoms with Gasteiger partial charge in [0, 0.05) is 24.9 Å². The van der Waals surface area contributed by atoms with Gasteiger partial charge in [0.25, 0.3) is 0 Å². The Labute approximate surface area is 78.6 Å². The molecular formula is C10H15N3. The van der Waals surface area contributed by atoms with Gasteiger partial charge in [0.05, 0.1) is 0 Å². The maximum Gasteiger partial charge on any atom is 0.132 e. The Morgan fingerprint density at radius 3 is 2.77 bits per heavy atom. The Balaban J connectivity index is 2.12. The Morgan fingerprint density at radius 2 is 2.23 bits per heavy atom. The summed E-state index contributed by atoms with van der Waals surface area (Å²) in [6, 6.07) is 0. The van der Waals surface area contributed by atoms with Gasteiger partial charge in [-0.3, -0.25) is 0 Å². The van der Waals surface area contributed by atoms with E-state index in [9.17, 15) is 0 Å². The van der Waals surface area contributed by atoms with Crippen molar-refractivity contribution in [2.75, 3.05) is 13.1 Å². The first-order valence-electron chi connectivity index (χ1n) is 4.91. The van der Waals surface area contributed by atoms with Crippen LogP contribution in [0.3, 0.4) is 0 Å². The third-order valence-electron chi connectivity index (χ3n) is 2.56. The van der Waals surface area contributed by atoms with Gasteiger partial charge in [-0.25, -0.2) is 9.97 Å². The van der Waals surface area contributed by atoms with Gasteiger partial charge < -0.3 is 5.32 Å². The first-order chi connectivity index (χ1) is 6.40. The minimum Gasteiger partial charge on any atom is -0.316 e. The van der Waals surface area contributed by atoms with Crippen molar-refractivity contribution in [3.63, 3.8) is 0 Å². The van der Waals surface area contributed by atoms with E-state index in [4.69, 9.17) is 0 Å². The van der Waals surface area contributed by atoms with E-state index in [1.54, 1.807) is 0 Å². The van der Waals surface area contributed by atoms with Crippen LogP contribution >= 0.6 is 0 Å². The molecule has 1 unspecified atom stereocenters. The predicted molar refractivity (Wildman–Crippen MR) is 51.6 cm³/mol. The highest BCUT2D eigenvalue weighted by atomic mass is 14.9. The Hall–Kier alpha value is -0.960. The van der Waals surface area contributed by atoms with E-state index >= 15 is 0 Å². The van der Waals surface area contributed by atoms with Crippen LogP contribution in [0.15, 0.2) is 12.4 Å². The van der Waals surface area contributed by atoms with Crippen LogP contribution in [-0.4, -0.2) is 23.1 Å². The van der Waals surface area contributed by atoms with Gasteiger partial charge in [0.2, 0.25) is 0 Å². The van der Waals surface area contributed by atoms with E-state index in [1.165, 1.54) is 12.0 Å². The number of aromatic nitrogens is 2. The molecule has 1 aromatic rings. The van der Waals surface area contributed by atoms with Crippen molar-refractivity contribution in [3.8, 4) is 0 Å². The average molecular weight is 177 g/mol. The van der Waals surface area contributed by atoms with E-state index in [-0.39, 0.29) is 0 Å². The molecule has 0 amide bonds. The summed E-state index contributed by atoms with van der Waals surface area (Å²) >= 11 is 0. The molecule has 13 heavy (non-hydrogen) atoms. The molecule has 0 aromatic carbocycles. The zero-order chi connectivity index (χ0) is 9.10. The van der Waals surface area contributed by atoms with Gasteiger partial charge >= 0.3 is 0 Å². The van der Waals surface area contributed by atoms with E-state index in [1.807, 2.05) is 12.4 Å². The Bertz CT molecular complexity index is 262. The lowest BCUT2D eigenvalue weighted by Gasteiger charge is -2.06. The van der Waals surface area contributed by atoms with Crippen LogP contribution in [0.2, 0.25) is 0 Å². The highest BCUT2D eigenvalue weighted by molar-refractivity contribution is 5.08. The zero-order valence-corrected chi connectivity index (χ0v) is 7.95. The summed E-state index contributed by atoms with van der Waals surface area (Å²) in [7, 11) is 0. The van der Waals surface area contributed by atoms with Crippen LogP contribution in [0.25, 0.3) is 0 Å². The third-order valence-corrected chi connectivity index (χ3v) is 2.56. The molecule has 0 bridgehead atoms. The van der Waals surface area contributed by atoms with Crippen molar-refractivity contribution >= 4 is 0 Å². The fourth-order valence-electron chi connectivity index (χ4n) is 1.63. The number of nitrogens with zero attached hydrogens (tertiary/aromatic N) is 2. The summed E-state index contributed by atoms with van der Waals surface area (Å²) in [6.07, 6.45) is 6.08. The van der Waals surface area contributed by atoms with Gasteiger partial charge in [-0.2, -0.15) is 0 Å². The fourth-order valence-corrected chi connectivity index (χ4v) is 1.63. The number of nitrogens with one attached hydrogen (secondary N) is 1. The minimum atomic E-state index is 0.533. The molecule has 1 atom stereocenters. The topological polar surface area (TPSA) is 37.8 Å². The molecule has 1 aliphatic rings. The summed E-state index contributed by atoms with van der Waals surface area (Å²) in [4.78, 5) is 8.76. The number of hydrogen-bond donors (Lipinski definition) is 1. The normalized spacial score (nSPS) is 22.1. The monoisotopic (exact) mass is 177 g/mol. The summed E-state index contributed by atoms with van der Waals surface area (Å²) in [5, 5.41) is 3.32. The molecule has 0 spiro atoms. The first kappa shape index (κ1) is 8.63.